The van der Waals surface area contributed by atoms with E-state index in [4.69, 9.17) is 4.99 Å². The van der Waals surface area contributed by atoms with Gasteiger partial charge in [0, 0.05) is 37.0 Å². The summed E-state index contributed by atoms with van der Waals surface area (Å²) < 4.78 is 27.2. The number of thiophene rings is 1. The monoisotopic (exact) mass is 448 g/mol. The number of guanidine groups is 1. The summed E-state index contributed by atoms with van der Waals surface area (Å²) in [5, 5.41) is 8.86. The fourth-order valence-corrected chi connectivity index (χ4v) is 5.84. The Morgan fingerprint density at radius 2 is 1.90 bits per heavy atom. The Labute approximate surface area is 184 Å². The molecule has 30 heavy (non-hydrogen) atoms. The number of sulfonamides is 1. The van der Waals surface area contributed by atoms with Crippen LogP contribution in [0.15, 0.2) is 57.7 Å². The summed E-state index contributed by atoms with van der Waals surface area (Å²) in [7, 11) is -3.39. The summed E-state index contributed by atoms with van der Waals surface area (Å²) in [5.74, 6) is 1.66. The standard InChI is InChI=1S/C22H32N4O2S2/c1-3-23-22(24-16-18(2)21-10-7-15-29-21)25-17-19-11-13-26(14-12-19)30(27,28)20-8-5-4-6-9-20/h4-10,15,18-19H,3,11-14,16-17H2,1-2H3,(H2,23,24,25). The predicted octanol–water partition coefficient (Wildman–Crippen LogP) is 3.51. The van der Waals surface area contributed by atoms with Crippen LogP contribution in [0.25, 0.3) is 0 Å². The lowest BCUT2D eigenvalue weighted by Gasteiger charge is -2.31. The molecule has 1 atom stereocenters. The summed E-state index contributed by atoms with van der Waals surface area (Å²) in [4.78, 5) is 6.47. The third kappa shape index (κ3) is 6.06. The van der Waals surface area contributed by atoms with Gasteiger partial charge in [0.1, 0.15) is 0 Å². The molecule has 3 rings (SSSR count). The van der Waals surface area contributed by atoms with E-state index in [-0.39, 0.29) is 0 Å². The van der Waals surface area contributed by atoms with Crippen molar-refractivity contribution < 1.29 is 8.42 Å². The molecule has 0 aliphatic carbocycles. The number of piperidine rings is 1. The Hall–Kier alpha value is -1.90. The molecule has 1 saturated heterocycles. The maximum absolute atomic E-state index is 12.8. The highest BCUT2D eigenvalue weighted by Crippen LogP contribution is 2.23. The molecule has 1 aromatic carbocycles. The third-order valence-corrected chi connectivity index (χ3v) is 8.43. The molecule has 2 heterocycles. The number of nitrogens with zero attached hydrogens (tertiary/aromatic N) is 2. The number of hydrogen-bond donors (Lipinski definition) is 2. The van der Waals surface area contributed by atoms with Gasteiger partial charge in [0.2, 0.25) is 10.0 Å². The molecule has 2 N–H and O–H groups in total. The van der Waals surface area contributed by atoms with Gasteiger partial charge in [0.15, 0.2) is 5.96 Å². The maximum Gasteiger partial charge on any atom is 0.243 e. The van der Waals surface area contributed by atoms with Crippen molar-refractivity contribution in [2.45, 2.75) is 37.5 Å². The summed E-state index contributed by atoms with van der Waals surface area (Å²) in [6.07, 6.45) is 1.70. The smallest absolute Gasteiger partial charge is 0.243 e. The van der Waals surface area contributed by atoms with Gasteiger partial charge in [-0.25, -0.2) is 8.42 Å². The quantitative estimate of drug-likeness (QED) is 0.479. The first-order valence-corrected chi connectivity index (χ1v) is 12.9. The lowest BCUT2D eigenvalue weighted by atomic mass is 9.98. The van der Waals surface area contributed by atoms with E-state index in [9.17, 15) is 8.42 Å². The van der Waals surface area contributed by atoms with Gasteiger partial charge in [-0.05, 0) is 49.3 Å². The molecule has 1 unspecified atom stereocenters. The fraction of sp³-hybridized carbons (Fsp3) is 0.500. The molecule has 1 fully saturated rings. The van der Waals surface area contributed by atoms with Crippen LogP contribution in [0, 0.1) is 5.92 Å². The van der Waals surface area contributed by atoms with Crippen LogP contribution >= 0.6 is 11.3 Å². The van der Waals surface area contributed by atoms with Gasteiger partial charge >= 0.3 is 0 Å². The molecule has 0 amide bonds. The lowest BCUT2D eigenvalue weighted by molar-refractivity contribution is 0.273. The zero-order valence-corrected chi connectivity index (χ0v) is 19.4. The van der Waals surface area contributed by atoms with Crippen LogP contribution in [-0.2, 0) is 10.0 Å². The second kappa shape index (κ2) is 10.9. The van der Waals surface area contributed by atoms with Crippen molar-refractivity contribution in [1.29, 1.82) is 0 Å². The number of hydrogen-bond acceptors (Lipinski definition) is 4. The molecule has 0 radical (unpaired) electrons. The molecule has 1 aliphatic rings. The van der Waals surface area contributed by atoms with Crippen molar-refractivity contribution in [2.24, 2.45) is 10.9 Å². The van der Waals surface area contributed by atoms with Crippen LogP contribution in [0.4, 0.5) is 0 Å². The van der Waals surface area contributed by atoms with E-state index in [2.05, 4.69) is 42.0 Å². The van der Waals surface area contributed by atoms with Gasteiger partial charge in [-0.1, -0.05) is 31.2 Å². The first kappa shape index (κ1) is 22.8. The van der Waals surface area contributed by atoms with Crippen molar-refractivity contribution in [3.63, 3.8) is 0 Å². The van der Waals surface area contributed by atoms with Crippen molar-refractivity contribution >= 4 is 27.3 Å². The van der Waals surface area contributed by atoms with Gasteiger partial charge in [0.05, 0.1) is 11.4 Å². The average Bonchev–Trinajstić information content (AvgIpc) is 3.31. The summed E-state index contributed by atoms with van der Waals surface area (Å²) in [6.45, 7) is 7.74. The minimum Gasteiger partial charge on any atom is -0.357 e. The van der Waals surface area contributed by atoms with Crippen LogP contribution in [0.5, 0.6) is 0 Å². The highest BCUT2D eigenvalue weighted by molar-refractivity contribution is 7.89. The Morgan fingerprint density at radius 1 is 1.17 bits per heavy atom. The molecular formula is C22H32N4O2S2. The van der Waals surface area contributed by atoms with Crippen molar-refractivity contribution in [3.8, 4) is 0 Å². The lowest BCUT2D eigenvalue weighted by Crippen LogP contribution is -2.44. The average molecular weight is 449 g/mol. The molecule has 1 aromatic heterocycles. The fourth-order valence-electron chi connectivity index (χ4n) is 3.57. The van der Waals surface area contributed by atoms with E-state index in [1.54, 1.807) is 39.9 Å². The topological polar surface area (TPSA) is 73.8 Å². The summed E-state index contributed by atoms with van der Waals surface area (Å²) >= 11 is 1.77. The van der Waals surface area contributed by atoms with Gasteiger partial charge in [-0.2, -0.15) is 4.31 Å². The molecule has 1 aliphatic heterocycles. The van der Waals surface area contributed by atoms with E-state index in [0.717, 1.165) is 38.4 Å². The van der Waals surface area contributed by atoms with Gasteiger partial charge in [-0.3, -0.25) is 4.99 Å². The van der Waals surface area contributed by atoms with E-state index >= 15 is 0 Å². The van der Waals surface area contributed by atoms with Crippen molar-refractivity contribution in [3.05, 3.63) is 52.7 Å². The Balaban J connectivity index is 1.49. The second-order valence-electron chi connectivity index (χ2n) is 7.68. The highest BCUT2D eigenvalue weighted by Gasteiger charge is 2.29. The first-order chi connectivity index (χ1) is 14.5. The van der Waals surface area contributed by atoms with Crippen molar-refractivity contribution in [1.82, 2.24) is 14.9 Å². The van der Waals surface area contributed by atoms with E-state index in [1.165, 1.54) is 4.88 Å². The zero-order valence-electron chi connectivity index (χ0n) is 17.8. The minimum absolute atomic E-state index is 0.378. The number of rotatable bonds is 8. The van der Waals surface area contributed by atoms with E-state index in [1.807, 2.05) is 6.07 Å². The van der Waals surface area contributed by atoms with Crippen LogP contribution in [0.2, 0.25) is 0 Å². The highest BCUT2D eigenvalue weighted by atomic mass is 32.2. The van der Waals surface area contributed by atoms with Gasteiger partial charge in [0.25, 0.3) is 0 Å². The Kier molecular flexibility index (Phi) is 8.30. The summed E-state index contributed by atoms with van der Waals surface area (Å²) in [6, 6.07) is 12.9. The SMILES string of the molecule is CCNC(=NCC(C)c1cccs1)NCC1CCN(S(=O)(=O)c2ccccc2)CC1. The second-order valence-corrected chi connectivity index (χ2v) is 10.6. The van der Waals surface area contributed by atoms with Crippen LogP contribution in [0.1, 0.15) is 37.5 Å². The number of aliphatic imine (C=N–C) groups is 1. The molecule has 6 nitrogen and oxygen atoms in total. The first-order valence-electron chi connectivity index (χ1n) is 10.6. The van der Waals surface area contributed by atoms with Crippen LogP contribution < -0.4 is 10.6 Å². The molecular weight excluding hydrogens is 416 g/mol. The summed E-state index contributed by atoms with van der Waals surface area (Å²) in [5.41, 5.74) is 0. The van der Waals surface area contributed by atoms with Crippen LogP contribution in [0.3, 0.4) is 0 Å². The Bertz CT molecular complexity index is 890. The molecule has 0 saturated carbocycles. The van der Waals surface area contributed by atoms with E-state index < -0.39 is 10.0 Å². The largest absolute Gasteiger partial charge is 0.357 e. The minimum atomic E-state index is -3.39. The molecule has 164 valence electrons. The number of nitrogens with one attached hydrogen (secondary N) is 2. The van der Waals surface area contributed by atoms with E-state index in [0.29, 0.717) is 29.8 Å². The number of benzene rings is 1. The van der Waals surface area contributed by atoms with Gasteiger partial charge in [-0.15, -0.1) is 11.3 Å². The molecule has 0 bridgehead atoms. The van der Waals surface area contributed by atoms with Crippen LogP contribution in [-0.4, -0.2) is 51.4 Å². The predicted molar refractivity (Wildman–Crippen MR) is 125 cm³/mol. The molecule has 0 spiro atoms. The van der Waals surface area contributed by atoms with Crippen molar-refractivity contribution in [2.75, 3.05) is 32.7 Å². The van der Waals surface area contributed by atoms with Gasteiger partial charge < -0.3 is 10.6 Å². The maximum atomic E-state index is 12.8. The molecule has 2 aromatic rings. The molecule has 8 heteroatoms. The third-order valence-electron chi connectivity index (χ3n) is 5.41. The normalized spacial score (nSPS) is 17.6. The Morgan fingerprint density at radius 3 is 2.53 bits per heavy atom. The zero-order chi connectivity index (χ0) is 21.4.